The number of amides is 1. The maximum atomic E-state index is 12.2. The van der Waals surface area contributed by atoms with Gasteiger partial charge in [0.2, 0.25) is 6.79 Å². The number of fused-ring (bicyclic) bond motifs is 2. The fraction of sp³-hybridized carbons (Fsp3) is 0.200. The van der Waals surface area contributed by atoms with Crippen molar-refractivity contribution >= 4 is 33.3 Å². The van der Waals surface area contributed by atoms with Gasteiger partial charge < -0.3 is 19.5 Å². The number of esters is 1. The monoisotopic (exact) mass is 383 g/mol. The Bertz CT molecular complexity index is 980. The van der Waals surface area contributed by atoms with Crippen LogP contribution in [0.4, 0.5) is 0 Å². The Morgan fingerprint density at radius 1 is 1.15 bits per heavy atom. The van der Waals surface area contributed by atoms with Crippen molar-refractivity contribution in [3.05, 3.63) is 59.0 Å². The molecule has 2 heterocycles. The molecule has 0 saturated heterocycles. The van der Waals surface area contributed by atoms with Crippen molar-refractivity contribution < 1.29 is 23.8 Å². The zero-order chi connectivity index (χ0) is 18.8. The van der Waals surface area contributed by atoms with E-state index in [0.717, 1.165) is 15.6 Å². The second-order valence-electron chi connectivity index (χ2n) is 6.13. The van der Waals surface area contributed by atoms with Crippen molar-refractivity contribution in [3.63, 3.8) is 0 Å². The molecule has 1 amide bonds. The Morgan fingerprint density at radius 2 is 1.96 bits per heavy atom. The molecule has 0 saturated carbocycles. The molecule has 6 nitrogen and oxygen atoms in total. The lowest BCUT2D eigenvalue weighted by molar-refractivity contribution is -0.124. The largest absolute Gasteiger partial charge is 0.454 e. The summed E-state index contributed by atoms with van der Waals surface area (Å²) >= 11 is 1.35. The Labute approximate surface area is 159 Å². The molecule has 0 spiro atoms. The highest BCUT2D eigenvalue weighted by Crippen LogP contribution is 2.34. The van der Waals surface area contributed by atoms with Gasteiger partial charge in [0.15, 0.2) is 18.1 Å². The first kappa shape index (κ1) is 17.4. The van der Waals surface area contributed by atoms with Crippen LogP contribution in [0.5, 0.6) is 11.5 Å². The second kappa shape index (κ2) is 7.28. The van der Waals surface area contributed by atoms with Gasteiger partial charge >= 0.3 is 5.97 Å². The molecule has 27 heavy (non-hydrogen) atoms. The summed E-state index contributed by atoms with van der Waals surface area (Å²) in [7, 11) is 0. The van der Waals surface area contributed by atoms with Crippen LogP contribution in [0, 0.1) is 0 Å². The molecule has 1 aromatic heterocycles. The van der Waals surface area contributed by atoms with E-state index < -0.39 is 5.97 Å². The van der Waals surface area contributed by atoms with Gasteiger partial charge in [-0.15, -0.1) is 11.3 Å². The number of hydrogen-bond donors (Lipinski definition) is 1. The molecule has 1 aliphatic rings. The van der Waals surface area contributed by atoms with Gasteiger partial charge in [-0.3, -0.25) is 4.79 Å². The van der Waals surface area contributed by atoms with Crippen LogP contribution in [0.2, 0.25) is 0 Å². The van der Waals surface area contributed by atoms with Crippen molar-refractivity contribution in [1.29, 1.82) is 0 Å². The zero-order valence-electron chi connectivity index (χ0n) is 14.6. The highest BCUT2D eigenvalue weighted by molar-refractivity contribution is 7.20. The first-order valence-electron chi connectivity index (χ1n) is 8.45. The van der Waals surface area contributed by atoms with E-state index in [4.69, 9.17) is 14.2 Å². The number of ether oxygens (including phenoxy) is 3. The van der Waals surface area contributed by atoms with Crippen LogP contribution in [-0.2, 0) is 9.53 Å². The molecule has 0 fully saturated rings. The van der Waals surface area contributed by atoms with Crippen molar-refractivity contribution in [1.82, 2.24) is 5.32 Å². The van der Waals surface area contributed by atoms with E-state index >= 15 is 0 Å². The van der Waals surface area contributed by atoms with Crippen LogP contribution in [0.3, 0.4) is 0 Å². The van der Waals surface area contributed by atoms with E-state index in [0.29, 0.717) is 16.4 Å². The topological polar surface area (TPSA) is 73.9 Å². The Kier molecular flexibility index (Phi) is 4.68. The maximum Gasteiger partial charge on any atom is 0.348 e. The smallest absolute Gasteiger partial charge is 0.348 e. The molecule has 3 aromatic rings. The standard InChI is InChI=1S/C20H17NO5S/c1-12(13-6-7-15-16(8-13)26-11-25-15)21-19(22)10-24-20(23)18-9-14-4-2-3-5-17(14)27-18/h2-9,12H,10-11H2,1H3,(H,21,22)/t12-/m0/s1. The minimum Gasteiger partial charge on any atom is -0.454 e. The van der Waals surface area contributed by atoms with Crippen molar-refractivity contribution in [2.24, 2.45) is 0 Å². The number of nitrogens with one attached hydrogen (secondary N) is 1. The lowest BCUT2D eigenvalue weighted by Gasteiger charge is -2.14. The molecule has 1 atom stereocenters. The van der Waals surface area contributed by atoms with Crippen LogP contribution in [0.1, 0.15) is 28.2 Å². The SMILES string of the molecule is C[C@H](NC(=O)COC(=O)c1cc2ccccc2s1)c1ccc2c(c1)OCO2. The zero-order valence-corrected chi connectivity index (χ0v) is 15.4. The molecule has 0 bridgehead atoms. The van der Waals surface area contributed by atoms with Gasteiger partial charge in [-0.05, 0) is 42.1 Å². The average molecular weight is 383 g/mol. The van der Waals surface area contributed by atoms with E-state index in [1.807, 2.05) is 49.4 Å². The first-order chi connectivity index (χ1) is 13.1. The number of thiophene rings is 1. The van der Waals surface area contributed by atoms with E-state index in [1.165, 1.54) is 11.3 Å². The van der Waals surface area contributed by atoms with E-state index in [2.05, 4.69) is 5.32 Å². The molecule has 4 rings (SSSR count). The van der Waals surface area contributed by atoms with E-state index in [9.17, 15) is 9.59 Å². The van der Waals surface area contributed by atoms with Crippen molar-refractivity contribution in [3.8, 4) is 11.5 Å². The lowest BCUT2D eigenvalue weighted by Crippen LogP contribution is -2.31. The summed E-state index contributed by atoms with van der Waals surface area (Å²) < 4.78 is 16.8. The van der Waals surface area contributed by atoms with Gasteiger partial charge in [-0.2, -0.15) is 0 Å². The number of hydrogen-bond acceptors (Lipinski definition) is 6. The molecule has 0 aliphatic carbocycles. The lowest BCUT2D eigenvalue weighted by atomic mass is 10.1. The maximum absolute atomic E-state index is 12.2. The third kappa shape index (κ3) is 3.73. The van der Waals surface area contributed by atoms with Crippen LogP contribution < -0.4 is 14.8 Å². The minimum atomic E-state index is -0.498. The molecule has 1 aliphatic heterocycles. The third-order valence-corrected chi connectivity index (χ3v) is 5.33. The summed E-state index contributed by atoms with van der Waals surface area (Å²) in [4.78, 5) is 24.8. The van der Waals surface area contributed by atoms with Crippen LogP contribution >= 0.6 is 11.3 Å². The number of carbonyl (C=O) groups excluding carboxylic acids is 2. The van der Waals surface area contributed by atoms with Gasteiger partial charge in [-0.25, -0.2) is 4.79 Å². The predicted molar refractivity (Wildman–Crippen MR) is 101 cm³/mol. The van der Waals surface area contributed by atoms with Gasteiger partial charge in [0.1, 0.15) is 4.88 Å². The van der Waals surface area contributed by atoms with Crippen molar-refractivity contribution in [2.45, 2.75) is 13.0 Å². The Morgan fingerprint density at radius 3 is 2.81 bits per heavy atom. The van der Waals surface area contributed by atoms with Crippen LogP contribution in [0.15, 0.2) is 48.5 Å². The van der Waals surface area contributed by atoms with Crippen LogP contribution in [0.25, 0.3) is 10.1 Å². The van der Waals surface area contributed by atoms with Gasteiger partial charge in [0.05, 0.1) is 6.04 Å². The van der Waals surface area contributed by atoms with E-state index in [-0.39, 0.29) is 25.3 Å². The van der Waals surface area contributed by atoms with Gasteiger partial charge in [0, 0.05) is 4.70 Å². The summed E-state index contributed by atoms with van der Waals surface area (Å²) in [5.74, 6) is 0.482. The summed E-state index contributed by atoms with van der Waals surface area (Å²) in [5, 5.41) is 3.79. The molecule has 1 N–H and O–H groups in total. The summed E-state index contributed by atoms with van der Waals surface area (Å²) in [6.45, 7) is 1.72. The number of carbonyl (C=O) groups is 2. The quantitative estimate of drug-likeness (QED) is 0.681. The Hall–Kier alpha value is -3.06. The second-order valence-corrected chi connectivity index (χ2v) is 7.21. The summed E-state index contributed by atoms with van der Waals surface area (Å²) in [5.41, 5.74) is 0.878. The number of benzene rings is 2. The average Bonchev–Trinajstić information content (AvgIpc) is 3.31. The molecule has 0 radical (unpaired) electrons. The highest BCUT2D eigenvalue weighted by Gasteiger charge is 2.18. The third-order valence-electron chi connectivity index (χ3n) is 4.24. The Balaban J connectivity index is 1.33. The molecular formula is C20H17NO5S. The highest BCUT2D eigenvalue weighted by atomic mass is 32.1. The van der Waals surface area contributed by atoms with Gasteiger partial charge in [-0.1, -0.05) is 24.3 Å². The summed E-state index contributed by atoms with van der Waals surface area (Å²) in [6, 6.07) is 14.7. The van der Waals surface area contributed by atoms with Gasteiger partial charge in [0.25, 0.3) is 5.91 Å². The van der Waals surface area contributed by atoms with Crippen LogP contribution in [-0.4, -0.2) is 25.3 Å². The number of rotatable bonds is 5. The molecule has 138 valence electrons. The molecule has 0 unspecified atom stereocenters. The molecule has 7 heteroatoms. The predicted octanol–water partition coefficient (Wildman–Crippen LogP) is 3.66. The summed E-state index contributed by atoms with van der Waals surface area (Å²) in [6.07, 6.45) is 0. The fourth-order valence-electron chi connectivity index (χ4n) is 2.83. The van der Waals surface area contributed by atoms with E-state index in [1.54, 1.807) is 6.07 Å². The first-order valence-corrected chi connectivity index (χ1v) is 9.26. The minimum absolute atomic E-state index is 0.202. The fourth-order valence-corrected chi connectivity index (χ4v) is 3.79. The normalized spacial score (nSPS) is 13.4. The molecular weight excluding hydrogens is 366 g/mol. The molecule has 2 aromatic carbocycles. The van der Waals surface area contributed by atoms with Crippen molar-refractivity contribution in [2.75, 3.05) is 13.4 Å².